The topological polar surface area (TPSA) is 68.8 Å². The lowest BCUT2D eigenvalue weighted by molar-refractivity contribution is 0.414. The first-order valence-electron chi connectivity index (χ1n) is 13.4. The Labute approximate surface area is 231 Å². The zero-order chi connectivity index (χ0) is 26.3. The SMILES string of the molecule is COc1ccc(CNC(=S)Nc2nc(N3CCN(c4ccccc4)CC3)cc(N3CCC[C@@H](C)C3)n2)cc1. The Kier molecular flexibility index (Phi) is 8.43. The molecule has 3 aromatic rings. The summed E-state index contributed by atoms with van der Waals surface area (Å²) in [5.74, 6) is 3.94. The second kappa shape index (κ2) is 12.3. The summed E-state index contributed by atoms with van der Waals surface area (Å²) < 4.78 is 5.25. The van der Waals surface area contributed by atoms with Gasteiger partial charge in [0.1, 0.15) is 17.4 Å². The van der Waals surface area contributed by atoms with Crippen LogP contribution in [0, 0.1) is 5.92 Å². The van der Waals surface area contributed by atoms with Gasteiger partial charge in [-0.15, -0.1) is 0 Å². The first-order valence-corrected chi connectivity index (χ1v) is 13.8. The predicted octanol–water partition coefficient (Wildman–Crippen LogP) is 4.53. The maximum Gasteiger partial charge on any atom is 0.232 e. The highest BCUT2D eigenvalue weighted by Crippen LogP contribution is 2.27. The molecule has 0 bridgehead atoms. The summed E-state index contributed by atoms with van der Waals surface area (Å²) >= 11 is 5.61. The van der Waals surface area contributed by atoms with Crippen LogP contribution < -0.4 is 30.1 Å². The lowest BCUT2D eigenvalue weighted by Crippen LogP contribution is -2.47. The number of anilines is 4. The number of ether oxygens (including phenoxy) is 1. The van der Waals surface area contributed by atoms with Gasteiger partial charge >= 0.3 is 0 Å². The van der Waals surface area contributed by atoms with Crippen molar-refractivity contribution in [2.75, 3.05) is 66.4 Å². The van der Waals surface area contributed by atoms with Gasteiger partial charge in [-0.25, -0.2) is 0 Å². The van der Waals surface area contributed by atoms with E-state index in [2.05, 4.69) is 68.7 Å². The standard InChI is InChI=1S/C29H37N7OS/c1-22-7-6-14-36(21-22)27-19-26(35-17-15-34(16-18-35)24-8-4-3-5-9-24)31-28(32-27)33-29(38)30-20-23-10-12-25(37-2)13-11-23/h3-5,8-13,19,22H,6-7,14-18,20-21H2,1-2H3,(H2,30,31,32,33,38)/t22-/m1/s1. The van der Waals surface area contributed by atoms with Crippen molar-refractivity contribution < 1.29 is 4.74 Å². The van der Waals surface area contributed by atoms with Crippen LogP contribution in [0.4, 0.5) is 23.3 Å². The average molecular weight is 532 g/mol. The molecule has 1 aromatic heterocycles. The molecule has 0 aliphatic carbocycles. The first-order chi connectivity index (χ1) is 18.6. The van der Waals surface area contributed by atoms with Crippen LogP contribution in [-0.2, 0) is 6.54 Å². The molecule has 0 unspecified atom stereocenters. The Hall–Kier alpha value is -3.59. The van der Waals surface area contributed by atoms with E-state index < -0.39 is 0 Å². The van der Waals surface area contributed by atoms with Gasteiger partial charge in [0.25, 0.3) is 0 Å². The van der Waals surface area contributed by atoms with Gasteiger partial charge in [0.2, 0.25) is 5.95 Å². The smallest absolute Gasteiger partial charge is 0.232 e. The van der Waals surface area contributed by atoms with Crippen LogP contribution in [0.15, 0.2) is 60.7 Å². The van der Waals surface area contributed by atoms with Crippen molar-refractivity contribution in [1.82, 2.24) is 15.3 Å². The third kappa shape index (κ3) is 6.64. The third-order valence-electron chi connectivity index (χ3n) is 7.24. The van der Waals surface area contributed by atoms with Crippen molar-refractivity contribution >= 4 is 40.6 Å². The number of hydrogen-bond donors (Lipinski definition) is 2. The lowest BCUT2D eigenvalue weighted by atomic mass is 10.0. The van der Waals surface area contributed by atoms with E-state index in [0.717, 1.165) is 62.2 Å². The van der Waals surface area contributed by atoms with E-state index >= 15 is 0 Å². The van der Waals surface area contributed by atoms with Crippen molar-refractivity contribution in [3.63, 3.8) is 0 Å². The number of piperazine rings is 1. The summed E-state index contributed by atoms with van der Waals surface area (Å²) in [7, 11) is 1.67. The molecule has 2 saturated heterocycles. The van der Waals surface area contributed by atoms with E-state index in [0.29, 0.717) is 23.5 Å². The second-order valence-electron chi connectivity index (χ2n) is 10.1. The fraction of sp³-hybridized carbons (Fsp3) is 0.414. The maximum absolute atomic E-state index is 5.61. The summed E-state index contributed by atoms with van der Waals surface area (Å²) in [5.41, 5.74) is 2.39. The molecular weight excluding hydrogens is 494 g/mol. The highest BCUT2D eigenvalue weighted by molar-refractivity contribution is 7.80. The van der Waals surface area contributed by atoms with Crippen molar-refractivity contribution in [2.45, 2.75) is 26.3 Å². The van der Waals surface area contributed by atoms with Crippen LogP contribution in [-0.4, -0.2) is 61.5 Å². The van der Waals surface area contributed by atoms with Crippen molar-refractivity contribution in [3.05, 3.63) is 66.2 Å². The molecule has 2 aromatic carbocycles. The minimum Gasteiger partial charge on any atom is -0.497 e. The van der Waals surface area contributed by atoms with Gasteiger partial charge in [0.15, 0.2) is 5.11 Å². The molecule has 0 saturated carbocycles. The molecule has 2 N–H and O–H groups in total. The predicted molar refractivity (Wildman–Crippen MR) is 160 cm³/mol. The Bertz CT molecular complexity index is 1200. The van der Waals surface area contributed by atoms with Crippen LogP contribution in [0.25, 0.3) is 0 Å². The number of thiocarbonyl (C=S) groups is 1. The molecule has 0 amide bonds. The zero-order valence-electron chi connectivity index (χ0n) is 22.3. The van der Waals surface area contributed by atoms with Gasteiger partial charge in [-0.1, -0.05) is 37.3 Å². The molecular formula is C29H37N7OS. The first kappa shape index (κ1) is 26.0. The molecule has 0 radical (unpaired) electrons. The number of nitrogens with zero attached hydrogens (tertiary/aromatic N) is 5. The van der Waals surface area contributed by atoms with Crippen LogP contribution in [0.3, 0.4) is 0 Å². The van der Waals surface area contributed by atoms with Gasteiger partial charge in [-0.2, -0.15) is 9.97 Å². The van der Waals surface area contributed by atoms with E-state index in [1.54, 1.807) is 7.11 Å². The van der Waals surface area contributed by atoms with E-state index in [4.69, 9.17) is 26.9 Å². The number of benzene rings is 2. The van der Waals surface area contributed by atoms with Crippen LogP contribution in [0.1, 0.15) is 25.3 Å². The van der Waals surface area contributed by atoms with E-state index in [-0.39, 0.29) is 0 Å². The lowest BCUT2D eigenvalue weighted by Gasteiger charge is -2.37. The van der Waals surface area contributed by atoms with E-state index in [1.165, 1.54) is 18.5 Å². The number of aromatic nitrogens is 2. The van der Waals surface area contributed by atoms with Gasteiger partial charge in [-0.3, -0.25) is 0 Å². The second-order valence-corrected chi connectivity index (χ2v) is 10.5. The van der Waals surface area contributed by atoms with Crippen LogP contribution in [0.5, 0.6) is 5.75 Å². The Balaban J connectivity index is 1.29. The largest absolute Gasteiger partial charge is 0.497 e. The Morgan fingerprint density at radius 1 is 0.921 bits per heavy atom. The molecule has 5 rings (SSSR count). The van der Waals surface area contributed by atoms with Gasteiger partial charge in [0, 0.05) is 57.6 Å². The van der Waals surface area contributed by atoms with Crippen molar-refractivity contribution in [2.24, 2.45) is 5.92 Å². The highest BCUT2D eigenvalue weighted by Gasteiger charge is 2.23. The fourth-order valence-corrected chi connectivity index (χ4v) is 5.27. The van der Waals surface area contributed by atoms with Crippen molar-refractivity contribution in [3.8, 4) is 5.75 Å². The molecule has 2 aliphatic heterocycles. The van der Waals surface area contributed by atoms with Crippen molar-refractivity contribution in [1.29, 1.82) is 0 Å². The molecule has 1 atom stereocenters. The molecule has 9 heteroatoms. The molecule has 200 valence electrons. The maximum atomic E-state index is 5.61. The van der Waals surface area contributed by atoms with E-state index in [9.17, 15) is 0 Å². The normalized spacial score (nSPS) is 17.7. The number of methoxy groups -OCH3 is 1. The zero-order valence-corrected chi connectivity index (χ0v) is 23.1. The molecule has 8 nitrogen and oxygen atoms in total. The quantitative estimate of drug-likeness (QED) is 0.428. The summed E-state index contributed by atoms with van der Waals surface area (Å²) in [6, 6.07) is 20.7. The number of nitrogens with one attached hydrogen (secondary N) is 2. The Morgan fingerprint density at radius 3 is 2.29 bits per heavy atom. The molecule has 2 fully saturated rings. The van der Waals surface area contributed by atoms with Gasteiger partial charge in [-0.05, 0) is 60.8 Å². The number of rotatable bonds is 7. The van der Waals surface area contributed by atoms with E-state index in [1.807, 2.05) is 24.3 Å². The van der Waals surface area contributed by atoms with Gasteiger partial charge in [0.05, 0.1) is 7.11 Å². The van der Waals surface area contributed by atoms with Crippen LogP contribution >= 0.6 is 12.2 Å². The molecule has 38 heavy (non-hydrogen) atoms. The molecule has 0 spiro atoms. The number of para-hydroxylation sites is 1. The number of hydrogen-bond acceptors (Lipinski definition) is 7. The summed E-state index contributed by atoms with van der Waals surface area (Å²) in [6.07, 6.45) is 2.45. The monoisotopic (exact) mass is 531 g/mol. The molecule has 3 heterocycles. The summed E-state index contributed by atoms with van der Waals surface area (Å²) in [6.45, 7) is 8.66. The third-order valence-corrected chi connectivity index (χ3v) is 7.49. The van der Waals surface area contributed by atoms with Crippen LogP contribution in [0.2, 0.25) is 0 Å². The summed E-state index contributed by atoms with van der Waals surface area (Å²) in [4.78, 5) is 17.0. The highest BCUT2D eigenvalue weighted by atomic mass is 32.1. The summed E-state index contributed by atoms with van der Waals surface area (Å²) in [5, 5.41) is 7.03. The molecule has 2 aliphatic rings. The van der Waals surface area contributed by atoms with Gasteiger partial charge < -0.3 is 30.1 Å². The minimum absolute atomic E-state index is 0.504. The minimum atomic E-state index is 0.504. The number of piperidine rings is 1. The Morgan fingerprint density at radius 2 is 1.61 bits per heavy atom. The average Bonchev–Trinajstić information content (AvgIpc) is 2.97. The fourth-order valence-electron chi connectivity index (χ4n) is 5.10.